The quantitative estimate of drug-likeness (QED) is 0.417. The molecule has 9 heteroatoms. The Balaban J connectivity index is 1.55. The molecule has 30 heavy (non-hydrogen) atoms. The normalized spacial score (nSPS) is 10.9. The molecule has 1 heterocycles. The van der Waals surface area contributed by atoms with E-state index in [1.165, 1.54) is 37.6 Å². The molecule has 0 aliphatic rings. The van der Waals surface area contributed by atoms with Crippen molar-refractivity contribution in [2.75, 3.05) is 7.11 Å². The van der Waals surface area contributed by atoms with Crippen molar-refractivity contribution in [2.45, 2.75) is 13.2 Å². The van der Waals surface area contributed by atoms with Crippen LogP contribution in [0.3, 0.4) is 0 Å². The summed E-state index contributed by atoms with van der Waals surface area (Å²) in [6, 6.07) is 16.6. The van der Waals surface area contributed by atoms with Crippen LogP contribution in [0.25, 0.3) is 0 Å². The molecule has 0 atom stereocenters. The Labute approximate surface area is 170 Å². The van der Waals surface area contributed by atoms with E-state index < -0.39 is 12.5 Å². The van der Waals surface area contributed by atoms with Gasteiger partial charge in [-0.25, -0.2) is 5.43 Å². The van der Waals surface area contributed by atoms with Gasteiger partial charge in [-0.2, -0.15) is 13.9 Å². The molecule has 156 valence electrons. The Morgan fingerprint density at radius 1 is 1.13 bits per heavy atom. The van der Waals surface area contributed by atoms with E-state index in [1.54, 1.807) is 6.07 Å². The largest absolute Gasteiger partial charge is 0.493 e. The van der Waals surface area contributed by atoms with Crippen LogP contribution >= 0.6 is 0 Å². The molecule has 0 bridgehead atoms. The number of alkyl halides is 2. The molecule has 0 radical (unpaired) electrons. The summed E-state index contributed by atoms with van der Waals surface area (Å²) in [5.41, 5.74) is 2.83. The van der Waals surface area contributed by atoms with Crippen LogP contribution in [0.15, 0.2) is 70.2 Å². The molecule has 0 saturated heterocycles. The van der Waals surface area contributed by atoms with Crippen LogP contribution in [-0.2, 0) is 6.61 Å². The maximum absolute atomic E-state index is 12.4. The predicted octanol–water partition coefficient (Wildman–Crippen LogP) is 4.23. The van der Waals surface area contributed by atoms with Crippen LogP contribution in [0.4, 0.5) is 8.78 Å². The second-order valence-corrected chi connectivity index (χ2v) is 5.86. The van der Waals surface area contributed by atoms with E-state index in [-0.39, 0.29) is 23.9 Å². The van der Waals surface area contributed by atoms with Gasteiger partial charge in [0.15, 0.2) is 17.3 Å². The molecule has 0 saturated carbocycles. The fourth-order valence-electron chi connectivity index (χ4n) is 2.43. The van der Waals surface area contributed by atoms with Gasteiger partial charge in [0.2, 0.25) is 0 Å². The summed E-state index contributed by atoms with van der Waals surface area (Å²) in [7, 11) is 1.33. The zero-order chi connectivity index (χ0) is 21.3. The molecule has 2 aromatic carbocycles. The van der Waals surface area contributed by atoms with Crippen LogP contribution in [0, 0.1) is 0 Å². The topological polar surface area (TPSA) is 82.3 Å². The van der Waals surface area contributed by atoms with Gasteiger partial charge in [0.25, 0.3) is 0 Å². The second-order valence-electron chi connectivity index (χ2n) is 5.86. The first-order chi connectivity index (χ1) is 14.5. The van der Waals surface area contributed by atoms with Crippen molar-refractivity contribution in [2.24, 2.45) is 5.10 Å². The first kappa shape index (κ1) is 20.8. The highest BCUT2D eigenvalue weighted by atomic mass is 19.3. The highest BCUT2D eigenvalue weighted by molar-refractivity contribution is 5.92. The molecule has 3 aromatic rings. The van der Waals surface area contributed by atoms with Crippen molar-refractivity contribution < 1.29 is 32.2 Å². The number of hydrogen-bond donors (Lipinski definition) is 1. The maximum Gasteiger partial charge on any atom is 0.387 e. The van der Waals surface area contributed by atoms with E-state index in [1.807, 2.05) is 30.3 Å². The average molecular weight is 416 g/mol. The molecule has 3 rings (SSSR count). The van der Waals surface area contributed by atoms with E-state index >= 15 is 0 Å². The number of nitrogens with one attached hydrogen (secondary N) is 1. The van der Waals surface area contributed by atoms with Crippen molar-refractivity contribution >= 4 is 12.1 Å². The average Bonchev–Trinajstić information content (AvgIpc) is 3.23. The number of carbonyl (C=O) groups excluding carboxylic acids is 1. The molecule has 7 nitrogen and oxygen atoms in total. The third-order valence-electron chi connectivity index (χ3n) is 3.79. The summed E-state index contributed by atoms with van der Waals surface area (Å²) in [5, 5.41) is 3.83. The second kappa shape index (κ2) is 10.1. The van der Waals surface area contributed by atoms with Gasteiger partial charge in [-0.1, -0.05) is 18.2 Å². The lowest BCUT2D eigenvalue weighted by molar-refractivity contribution is -0.0512. The fraction of sp³-hybridized carbons (Fsp3) is 0.143. The molecule has 0 unspecified atom stereocenters. The number of ether oxygens (including phenoxy) is 3. The molecule has 1 amide bonds. The minimum atomic E-state index is -2.96. The number of hydrazone groups is 1. The summed E-state index contributed by atoms with van der Waals surface area (Å²) >= 11 is 0. The predicted molar refractivity (Wildman–Crippen MR) is 104 cm³/mol. The number of nitrogens with zero attached hydrogens (tertiary/aromatic N) is 1. The number of furan rings is 1. The van der Waals surface area contributed by atoms with Gasteiger partial charge >= 0.3 is 12.5 Å². The Morgan fingerprint density at radius 3 is 2.67 bits per heavy atom. The van der Waals surface area contributed by atoms with Crippen molar-refractivity contribution in [3.63, 3.8) is 0 Å². The number of para-hydroxylation sites is 1. The highest BCUT2D eigenvalue weighted by Gasteiger charge is 2.12. The number of methoxy groups -OCH3 is 1. The first-order valence-electron chi connectivity index (χ1n) is 8.78. The summed E-state index contributed by atoms with van der Waals surface area (Å²) in [4.78, 5) is 12.1. The lowest BCUT2D eigenvalue weighted by atomic mass is 10.2. The standard InChI is InChI=1S/C21H18F2N2O5/c1-27-19-11-14(7-9-17(19)30-21(22)23)12-24-25-20(26)18-10-8-16(29-18)13-28-15-5-3-2-4-6-15/h2-12,21H,13H2,1H3,(H,25,26)/b24-12-. The summed E-state index contributed by atoms with van der Waals surface area (Å²) in [5.74, 6) is 0.685. The zero-order valence-electron chi connectivity index (χ0n) is 15.9. The van der Waals surface area contributed by atoms with Crippen LogP contribution in [-0.4, -0.2) is 25.8 Å². The molecule has 1 aromatic heterocycles. The van der Waals surface area contributed by atoms with Gasteiger partial charge in [-0.05, 0) is 48.0 Å². The number of benzene rings is 2. The van der Waals surface area contributed by atoms with Gasteiger partial charge in [0.05, 0.1) is 13.3 Å². The SMILES string of the molecule is COc1cc(/C=N\NC(=O)c2ccc(COc3ccccc3)o2)ccc1OC(F)F. The summed E-state index contributed by atoms with van der Waals surface area (Å²) < 4.78 is 45.1. The number of amides is 1. The highest BCUT2D eigenvalue weighted by Crippen LogP contribution is 2.28. The van der Waals surface area contributed by atoms with E-state index in [0.29, 0.717) is 17.1 Å². The first-order valence-corrected chi connectivity index (χ1v) is 8.78. The maximum atomic E-state index is 12.4. The number of hydrogen-bond acceptors (Lipinski definition) is 6. The number of carbonyl (C=O) groups is 1. The molecule has 0 aliphatic carbocycles. The fourth-order valence-corrected chi connectivity index (χ4v) is 2.43. The number of halogens is 2. The van der Waals surface area contributed by atoms with Gasteiger partial charge in [-0.3, -0.25) is 4.79 Å². The molecule has 0 aliphatic heterocycles. The minimum Gasteiger partial charge on any atom is -0.493 e. The van der Waals surface area contributed by atoms with E-state index in [2.05, 4.69) is 15.3 Å². The Bertz CT molecular complexity index is 1010. The van der Waals surface area contributed by atoms with Crippen LogP contribution in [0.5, 0.6) is 17.2 Å². The van der Waals surface area contributed by atoms with Crippen LogP contribution in [0.1, 0.15) is 21.9 Å². The van der Waals surface area contributed by atoms with E-state index in [0.717, 1.165) is 0 Å². The van der Waals surface area contributed by atoms with E-state index in [4.69, 9.17) is 13.9 Å². The molecule has 0 spiro atoms. The van der Waals surface area contributed by atoms with Crippen molar-refractivity contribution in [1.82, 2.24) is 5.43 Å². The molecule has 0 fully saturated rings. The molecular formula is C21H18F2N2O5. The summed E-state index contributed by atoms with van der Waals surface area (Å²) in [6.45, 7) is -2.79. The third-order valence-corrected chi connectivity index (χ3v) is 3.79. The van der Waals surface area contributed by atoms with Gasteiger partial charge in [0, 0.05) is 0 Å². The molecule has 1 N–H and O–H groups in total. The van der Waals surface area contributed by atoms with Gasteiger partial charge in [0.1, 0.15) is 18.1 Å². The van der Waals surface area contributed by atoms with Gasteiger partial charge in [-0.15, -0.1) is 0 Å². The monoisotopic (exact) mass is 416 g/mol. The van der Waals surface area contributed by atoms with Crippen molar-refractivity contribution in [3.05, 3.63) is 77.7 Å². The summed E-state index contributed by atoms with van der Waals surface area (Å²) in [6.07, 6.45) is 1.33. The number of rotatable bonds is 9. The van der Waals surface area contributed by atoms with Crippen LogP contribution in [0.2, 0.25) is 0 Å². The Kier molecular flexibility index (Phi) is 6.99. The smallest absolute Gasteiger partial charge is 0.387 e. The zero-order valence-corrected chi connectivity index (χ0v) is 15.9. The Hall–Kier alpha value is -3.88. The van der Waals surface area contributed by atoms with E-state index in [9.17, 15) is 13.6 Å². The van der Waals surface area contributed by atoms with Crippen molar-refractivity contribution in [3.8, 4) is 17.2 Å². The Morgan fingerprint density at radius 2 is 1.93 bits per heavy atom. The lowest BCUT2D eigenvalue weighted by Crippen LogP contribution is -2.16. The molecular weight excluding hydrogens is 398 g/mol. The third kappa shape index (κ3) is 5.81. The minimum absolute atomic E-state index is 0.0667. The van der Waals surface area contributed by atoms with Gasteiger partial charge < -0.3 is 18.6 Å². The van der Waals surface area contributed by atoms with Crippen LogP contribution < -0.4 is 19.6 Å². The lowest BCUT2D eigenvalue weighted by Gasteiger charge is -2.09. The van der Waals surface area contributed by atoms with Crippen molar-refractivity contribution in [1.29, 1.82) is 0 Å².